The Morgan fingerprint density at radius 1 is 1.29 bits per heavy atom. The number of amides is 2. The maximum absolute atomic E-state index is 12.2. The molecule has 24 heavy (non-hydrogen) atoms. The third kappa shape index (κ3) is 3.53. The summed E-state index contributed by atoms with van der Waals surface area (Å²) in [4.78, 5) is 21.1. The molecule has 1 aliphatic heterocycles. The van der Waals surface area contributed by atoms with Crippen LogP contribution in [0.4, 0.5) is 4.79 Å². The molecule has 3 fully saturated rings. The minimum atomic E-state index is -0.236. The summed E-state index contributed by atoms with van der Waals surface area (Å²) in [5.41, 5.74) is 0.825. The van der Waals surface area contributed by atoms with Crippen molar-refractivity contribution in [1.82, 2.24) is 20.6 Å². The number of hydrogen-bond acceptors (Lipinski definition) is 4. The van der Waals surface area contributed by atoms with Gasteiger partial charge in [0.15, 0.2) is 0 Å². The fraction of sp³-hybridized carbons (Fsp3) is 0.722. The fourth-order valence-corrected chi connectivity index (χ4v) is 3.58. The molecule has 2 atom stereocenters. The Kier molecular flexibility index (Phi) is 4.16. The van der Waals surface area contributed by atoms with Gasteiger partial charge in [-0.3, -0.25) is 0 Å². The first-order valence-corrected chi connectivity index (χ1v) is 9.12. The number of nitrogens with one attached hydrogen (secondary N) is 2. The molecule has 1 aromatic rings. The van der Waals surface area contributed by atoms with Gasteiger partial charge in [-0.05, 0) is 56.9 Å². The molecule has 0 radical (unpaired) electrons. The highest BCUT2D eigenvalue weighted by atomic mass is 16.5. The number of carbonyl (C=O) groups is 1. The summed E-state index contributed by atoms with van der Waals surface area (Å²) >= 11 is 0. The van der Waals surface area contributed by atoms with Crippen LogP contribution in [0.5, 0.6) is 0 Å². The van der Waals surface area contributed by atoms with E-state index in [2.05, 4.69) is 27.5 Å². The summed E-state index contributed by atoms with van der Waals surface area (Å²) in [6, 6.07) is -0.107. The minimum Gasteiger partial charge on any atom is -0.375 e. The molecule has 2 amide bonds. The van der Waals surface area contributed by atoms with Crippen molar-refractivity contribution >= 4 is 6.03 Å². The molecule has 0 unspecified atom stereocenters. The van der Waals surface area contributed by atoms with Crippen LogP contribution in [0.2, 0.25) is 0 Å². The van der Waals surface area contributed by atoms with E-state index in [-0.39, 0.29) is 17.7 Å². The standard InChI is InChI=1S/C18H26N4O2/c1-18(7-9-24-15(18)13-2-3-13)22-17(23)19-8-6-12-10-20-16(21-11-12)14-4-5-14/h10-11,13-15H,2-9H2,1H3,(H2,19,22,23)/t15-,18-/m1/s1. The van der Waals surface area contributed by atoms with E-state index >= 15 is 0 Å². The lowest BCUT2D eigenvalue weighted by Crippen LogP contribution is -2.55. The van der Waals surface area contributed by atoms with E-state index in [1.165, 1.54) is 25.7 Å². The fourth-order valence-electron chi connectivity index (χ4n) is 3.58. The number of nitrogens with zero attached hydrogens (tertiary/aromatic N) is 2. The van der Waals surface area contributed by atoms with Gasteiger partial charge in [0.2, 0.25) is 0 Å². The highest BCUT2D eigenvalue weighted by molar-refractivity contribution is 5.74. The molecule has 1 aromatic heterocycles. The maximum atomic E-state index is 12.2. The Bertz CT molecular complexity index is 598. The molecule has 2 heterocycles. The van der Waals surface area contributed by atoms with Gasteiger partial charge >= 0.3 is 6.03 Å². The predicted octanol–water partition coefficient (Wildman–Crippen LogP) is 2.15. The first-order valence-electron chi connectivity index (χ1n) is 9.12. The summed E-state index contributed by atoms with van der Waals surface area (Å²) in [6.45, 7) is 3.43. The number of carbonyl (C=O) groups excluding carboxylic acids is 1. The van der Waals surface area contributed by atoms with Crippen LogP contribution >= 0.6 is 0 Å². The summed E-state index contributed by atoms with van der Waals surface area (Å²) in [7, 11) is 0. The van der Waals surface area contributed by atoms with Gasteiger partial charge in [0.25, 0.3) is 0 Å². The van der Waals surface area contributed by atoms with Crippen LogP contribution in [0, 0.1) is 5.92 Å². The highest BCUT2D eigenvalue weighted by Crippen LogP contribution is 2.43. The molecule has 6 nitrogen and oxygen atoms in total. The Morgan fingerprint density at radius 3 is 2.71 bits per heavy atom. The van der Waals surface area contributed by atoms with Crippen molar-refractivity contribution in [2.75, 3.05) is 13.2 Å². The molecule has 2 saturated carbocycles. The number of hydrogen-bond donors (Lipinski definition) is 2. The molecule has 2 aliphatic carbocycles. The number of aromatic nitrogens is 2. The molecular formula is C18H26N4O2. The van der Waals surface area contributed by atoms with Crippen LogP contribution in [0.15, 0.2) is 12.4 Å². The predicted molar refractivity (Wildman–Crippen MR) is 89.7 cm³/mol. The summed E-state index contributed by atoms with van der Waals surface area (Å²) in [5.74, 6) is 2.17. The molecule has 4 rings (SSSR count). The molecule has 2 N–H and O–H groups in total. The van der Waals surface area contributed by atoms with E-state index < -0.39 is 0 Å². The lowest BCUT2D eigenvalue weighted by molar-refractivity contribution is 0.0591. The van der Waals surface area contributed by atoms with Gasteiger partial charge in [-0.25, -0.2) is 14.8 Å². The molecule has 0 bridgehead atoms. The molecule has 3 aliphatic rings. The largest absolute Gasteiger partial charge is 0.375 e. The van der Waals surface area contributed by atoms with E-state index in [4.69, 9.17) is 4.74 Å². The van der Waals surface area contributed by atoms with Gasteiger partial charge < -0.3 is 15.4 Å². The summed E-state index contributed by atoms with van der Waals surface area (Å²) < 4.78 is 5.84. The van der Waals surface area contributed by atoms with E-state index in [1.807, 2.05) is 12.4 Å². The second-order valence-electron chi connectivity index (χ2n) is 7.65. The maximum Gasteiger partial charge on any atom is 0.315 e. The molecule has 1 saturated heterocycles. The Balaban J connectivity index is 1.23. The molecule has 130 valence electrons. The number of rotatable bonds is 6. The Labute approximate surface area is 142 Å². The third-order valence-corrected chi connectivity index (χ3v) is 5.36. The van der Waals surface area contributed by atoms with E-state index in [9.17, 15) is 4.79 Å². The molecular weight excluding hydrogens is 304 g/mol. The van der Waals surface area contributed by atoms with Crippen LogP contribution in [0.1, 0.15) is 56.3 Å². The zero-order valence-electron chi connectivity index (χ0n) is 14.3. The van der Waals surface area contributed by atoms with Gasteiger partial charge in [0, 0.05) is 31.5 Å². The summed E-state index contributed by atoms with van der Waals surface area (Å²) in [5, 5.41) is 6.09. The van der Waals surface area contributed by atoms with Crippen LogP contribution < -0.4 is 10.6 Å². The summed E-state index contributed by atoms with van der Waals surface area (Å²) in [6.07, 6.45) is 10.4. The first-order chi connectivity index (χ1) is 11.6. The lowest BCUT2D eigenvalue weighted by atomic mass is 9.90. The average Bonchev–Trinajstić information content (AvgIpc) is 3.47. The zero-order valence-corrected chi connectivity index (χ0v) is 14.3. The number of urea groups is 1. The van der Waals surface area contributed by atoms with Crippen LogP contribution in [-0.4, -0.2) is 40.8 Å². The lowest BCUT2D eigenvalue weighted by Gasteiger charge is -2.31. The molecule has 0 spiro atoms. The Hall–Kier alpha value is -1.69. The topological polar surface area (TPSA) is 76.1 Å². The van der Waals surface area contributed by atoms with E-state index in [1.54, 1.807) is 0 Å². The zero-order chi connectivity index (χ0) is 16.6. The van der Waals surface area contributed by atoms with E-state index in [0.29, 0.717) is 18.4 Å². The second-order valence-corrected chi connectivity index (χ2v) is 7.65. The van der Waals surface area contributed by atoms with Crippen molar-refractivity contribution in [2.24, 2.45) is 5.92 Å². The minimum absolute atomic E-state index is 0.107. The quantitative estimate of drug-likeness (QED) is 0.838. The second kappa shape index (κ2) is 6.31. The van der Waals surface area contributed by atoms with Crippen molar-refractivity contribution in [3.63, 3.8) is 0 Å². The molecule has 6 heteroatoms. The van der Waals surface area contributed by atoms with Gasteiger partial charge in [0.1, 0.15) is 5.82 Å². The van der Waals surface area contributed by atoms with Crippen LogP contribution in [0.25, 0.3) is 0 Å². The van der Waals surface area contributed by atoms with E-state index in [0.717, 1.165) is 30.8 Å². The smallest absolute Gasteiger partial charge is 0.315 e. The van der Waals surface area contributed by atoms with Gasteiger partial charge in [-0.15, -0.1) is 0 Å². The van der Waals surface area contributed by atoms with Crippen molar-refractivity contribution in [2.45, 2.75) is 63.0 Å². The van der Waals surface area contributed by atoms with Crippen molar-refractivity contribution < 1.29 is 9.53 Å². The number of ether oxygens (including phenoxy) is 1. The third-order valence-electron chi connectivity index (χ3n) is 5.36. The van der Waals surface area contributed by atoms with Gasteiger partial charge in [0.05, 0.1) is 11.6 Å². The van der Waals surface area contributed by atoms with Crippen LogP contribution in [0.3, 0.4) is 0 Å². The van der Waals surface area contributed by atoms with Crippen molar-refractivity contribution in [1.29, 1.82) is 0 Å². The Morgan fingerprint density at radius 2 is 2.04 bits per heavy atom. The SMILES string of the molecule is C[C@@]1(NC(=O)NCCc2cnc(C3CC3)nc2)CCO[C@@H]1C1CC1. The van der Waals surface area contributed by atoms with Crippen LogP contribution in [-0.2, 0) is 11.2 Å². The average molecular weight is 330 g/mol. The normalized spacial score (nSPS) is 29.5. The van der Waals surface area contributed by atoms with Crippen molar-refractivity contribution in [3.8, 4) is 0 Å². The molecule has 0 aromatic carbocycles. The van der Waals surface area contributed by atoms with Crippen molar-refractivity contribution in [3.05, 3.63) is 23.8 Å². The highest BCUT2D eigenvalue weighted by Gasteiger charge is 2.48. The first kappa shape index (κ1) is 15.8. The van der Waals surface area contributed by atoms with Gasteiger partial charge in [-0.2, -0.15) is 0 Å². The van der Waals surface area contributed by atoms with Gasteiger partial charge in [-0.1, -0.05) is 0 Å². The monoisotopic (exact) mass is 330 g/mol.